The minimum atomic E-state index is -1.40. The zero-order valence-corrected chi connectivity index (χ0v) is 18.7. The van der Waals surface area contributed by atoms with E-state index in [4.69, 9.17) is 31.5 Å². The maximum Gasteiger partial charge on any atom is 0.158 e. The molecule has 0 bridgehead atoms. The molecule has 2 aliphatic rings. The summed E-state index contributed by atoms with van der Waals surface area (Å²) in [5.74, 6) is 0. The van der Waals surface area contributed by atoms with Crippen molar-refractivity contribution in [1.82, 2.24) is 0 Å². The number of rotatable bonds is 4. The highest BCUT2D eigenvalue weighted by molar-refractivity contribution is 6.33. The van der Waals surface area contributed by atoms with Crippen LogP contribution in [0.4, 0.5) is 5.69 Å². The summed E-state index contributed by atoms with van der Waals surface area (Å²) in [5.41, 5.74) is 7.48. The molecule has 0 amide bonds. The number of hydrogen-bond donors (Lipinski definition) is 3. The molecule has 2 aromatic rings. The number of halogens is 1. The molecule has 172 valence electrons. The van der Waals surface area contributed by atoms with Gasteiger partial charge in [-0.2, -0.15) is 10.5 Å². The van der Waals surface area contributed by atoms with Crippen molar-refractivity contribution in [2.45, 2.75) is 56.6 Å². The van der Waals surface area contributed by atoms with Gasteiger partial charge in [0.05, 0.1) is 23.4 Å². The Morgan fingerprint density at radius 1 is 1.09 bits per heavy atom. The second-order valence-electron chi connectivity index (χ2n) is 8.11. The molecule has 2 aliphatic heterocycles. The van der Waals surface area contributed by atoms with Crippen LogP contribution in [0.15, 0.2) is 30.3 Å². The number of hydrogen-bond acceptors (Lipinski definition) is 8. The zero-order valence-electron chi connectivity index (χ0n) is 17.9. The molecular formula is C24H24ClN3O5. The first-order valence-electron chi connectivity index (χ1n) is 10.7. The molecule has 0 aromatic heterocycles. The summed E-state index contributed by atoms with van der Waals surface area (Å²) < 4.78 is 17.6. The molecule has 0 radical (unpaired) electrons. The standard InChI is InChI=1S/C24H24ClN3O5/c1-2-5-19-31-11-18-24(33-19)22(30)21(29)23(32-18)14-8-13(12-6-3-4-7-17(12)25)15(9-26)20(28)16(14)10-27/h3-4,6-8,18-19,21-24,29-30H,2,5,11,28H2,1H3/t18-,19?,21-,22-,23+,24-/m1/s1. The van der Waals surface area contributed by atoms with E-state index in [1.165, 1.54) is 0 Å². The van der Waals surface area contributed by atoms with Gasteiger partial charge in [0.1, 0.15) is 42.7 Å². The van der Waals surface area contributed by atoms with E-state index in [9.17, 15) is 20.7 Å². The molecule has 2 fully saturated rings. The smallest absolute Gasteiger partial charge is 0.158 e. The summed E-state index contributed by atoms with van der Waals surface area (Å²) in [5, 5.41) is 41.8. The van der Waals surface area contributed by atoms with Gasteiger partial charge in [-0.3, -0.25) is 0 Å². The third-order valence-corrected chi connectivity index (χ3v) is 6.38. The number of ether oxygens (including phenoxy) is 3. The third-order valence-electron chi connectivity index (χ3n) is 6.05. The number of nitriles is 2. The number of aliphatic hydroxyl groups is 2. The second-order valence-corrected chi connectivity index (χ2v) is 8.52. The third kappa shape index (κ3) is 4.18. The normalized spacial score (nSPS) is 29.0. The van der Waals surface area contributed by atoms with Gasteiger partial charge in [-0.1, -0.05) is 43.1 Å². The van der Waals surface area contributed by atoms with Crippen molar-refractivity contribution in [1.29, 1.82) is 10.5 Å². The number of nitrogens with two attached hydrogens (primary N) is 1. The Labute approximate surface area is 196 Å². The summed E-state index contributed by atoms with van der Waals surface area (Å²) in [7, 11) is 0. The van der Waals surface area contributed by atoms with Gasteiger partial charge in [0.15, 0.2) is 6.29 Å². The minimum absolute atomic E-state index is 0.00133. The molecule has 6 atom stereocenters. The Morgan fingerprint density at radius 3 is 2.48 bits per heavy atom. The highest BCUT2D eigenvalue weighted by Crippen LogP contribution is 2.43. The SMILES string of the molecule is CCCC1OC[C@H]2O[C@@H](c3cc(-c4ccccc4Cl)c(C#N)c(N)c3C#N)[C@H](O)[C@@H](O)[C@@H]2O1. The van der Waals surface area contributed by atoms with Crippen molar-refractivity contribution >= 4 is 17.3 Å². The fraction of sp³-hybridized carbons (Fsp3) is 0.417. The molecule has 2 saturated heterocycles. The lowest BCUT2D eigenvalue weighted by atomic mass is 9.85. The predicted octanol–water partition coefficient (Wildman–Crippen LogP) is 3.04. The van der Waals surface area contributed by atoms with E-state index in [1.807, 2.05) is 19.1 Å². The maximum absolute atomic E-state index is 11.0. The van der Waals surface area contributed by atoms with Crippen LogP contribution in [-0.2, 0) is 14.2 Å². The molecule has 4 N–H and O–H groups in total. The largest absolute Gasteiger partial charge is 0.397 e. The van der Waals surface area contributed by atoms with E-state index in [2.05, 4.69) is 0 Å². The molecule has 2 heterocycles. The summed E-state index contributed by atoms with van der Waals surface area (Å²) in [6.07, 6.45) is -4.19. The topological polar surface area (TPSA) is 142 Å². The fourth-order valence-corrected chi connectivity index (χ4v) is 4.63. The molecule has 0 saturated carbocycles. The van der Waals surface area contributed by atoms with Crippen LogP contribution in [0.5, 0.6) is 0 Å². The molecule has 2 aromatic carbocycles. The monoisotopic (exact) mass is 469 g/mol. The first-order chi connectivity index (χ1) is 15.9. The second kappa shape index (κ2) is 9.66. The molecule has 8 nitrogen and oxygen atoms in total. The van der Waals surface area contributed by atoms with E-state index < -0.39 is 36.8 Å². The van der Waals surface area contributed by atoms with Gasteiger partial charge in [-0.25, -0.2) is 0 Å². The molecular weight excluding hydrogens is 446 g/mol. The van der Waals surface area contributed by atoms with Crippen molar-refractivity contribution in [2.75, 3.05) is 12.3 Å². The van der Waals surface area contributed by atoms with Crippen molar-refractivity contribution in [2.24, 2.45) is 0 Å². The van der Waals surface area contributed by atoms with Crippen LogP contribution in [0.2, 0.25) is 5.02 Å². The lowest BCUT2D eigenvalue weighted by Gasteiger charge is -2.47. The number of nitrogens with zero attached hydrogens (tertiary/aromatic N) is 2. The Hall–Kier alpha value is -2.69. The van der Waals surface area contributed by atoms with Crippen LogP contribution in [0.1, 0.15) is 42.6 Å². The molecule has 33 heavy (non-hydrogen) atoms. The number of aliphatic hydroxyl groups excluding tert-OH is 2. The van der Waals surface area contributed by atoms with Gasteiger partial charge in [-0.15, -0.1) is 0 Å². The number of benzene rings is 2. The van der Waals surface area contributed by atoms with E-state index in [1.54, 1.807) is 30.3 Å². The lowest BCUT2D eigenvalue weighted by Crippen LogP contribution is -2.60. The summed E-state index contributed by atoms with van der Waals surface area (Å²) in [4.78, 5) is 0. The molecule has 0 aliphatic carbocycles. The van der Waals surface area contributed by atoms with Crippen LogP contribution in [0.25, 0.3) is 11.1 Å². The zero-order chi connectivity index (χ0) is 23.7. The molecule has 0 spiro atoms. The van der Waals surface area contributed by atoms with Crippen molar-refractivity contribution in [3.05, 3.63) is 52.0 Å². The van der Waals surface area contributed by atoms with Crippen LogP contribution < -0.4 is 5.73 Å². The van der Waals surface area contributed by atoms with E-state index in [0.717, 1.165) is 6.42 Å². The van der Waals surface area contributed by atoms with E-state index >= 15 is 0 Å². The number of nitrogen functional groups attached to an aromatic ring is 1. The van der Waals surface area contributed by atoms with Gasteiger partial charge < -0.3 is 30.2 Å². The summed E-state index contributed by atoms with van der Waals surface area (Å²) in [6.45, 7) is 2.16. The Morgan fingerprint density at radius 2 is 1.82 bits per heavy atom. The Kier molecular flexibility index (Phi) is 6.87. The number of anilines is 1. The van der Waals surface area contributed by atoms with E-state index in [0.29, 0.717) is 22.6 Å². The molecule has 4 rings (SSSR count). The van der Waals surface area contributed by atoms with Crippen LogP contribution in [0.3, 0.4) is 0 Å². The quantitative estimate of drug-likeness (QED) is 0.580. The summed E-state index contributed by atoms with van der Waals surface area (Å²) in [6, 6.07) is 12.6. The first kappa shape index (κ1) is 23.5. The Bertz CT molecular complexity index is 1130. The lowest BCUT2D eigenvalue weighted by molar-refractivity contribution is -0.327. The van der Waals surface area contributed by atoms with Crippen LogP contribution in [-0.4, -0.2) is 47.5 Å². The minimum Gasteiger partial charge on any atom is -0.397 e. The van der Waals surface area contributed by atoms with Crippen LogP contribution in [0, 0.1) is 22.7 Å². The first-order valence-corrected chi connectivity index (χ1v) is 11.1. The van der Waals surface area contributed by atoms with Gasteiger partial charge in [-0.05, 0) is 18.6 Å². The highest BCUT2D eigenvalue weighted by Gasteiger charge is 2.49. The van der Waals surface area contributed by atoms with Crippen LogP contribution >= 0.6 is 11.6 Å². The van der Waals surface area contributed by atoms with Gasteiger partial charge in [0.2, 0.25) is 0 Å². The molecule has 9 heteroatoms. The van der Waals surface area contributed by atoms with Gasteiger partial charge in [0.25, 0.3) is 0 Å². The van der Waals surface area contributed by atoms with Crippen molar-refractivity contribution < 1.29 is 24.4 Å². The average molecular weight is 470 g/mol. The Balaban J connectivity index is 1.79. The van der Waals surface area contributed by atoms with Crippen molar-refractivity contribution in [3.8, 4) is 23.3 Å². The molecule has 1 unspecified atom stereocenters. The maximum atomic E-state index is 11.0. The highest BCUT2D eigenvalue weighted by atomic mass is 35.5. The van der Waals surface area contributed by atoms with Crippen molar-refractivity contribution in [3.63, 3.8) is 0 Å². The summed E-state index contributed by atoms with van der Waals surface area (Å²) >= 11 is 6.37. The number of fused-ring (bicyclic) bond motifs is 1. The fourth-order valence-electron chi connectivity index (χ4n) is 4.39. The van der Waals surface area contributed by atoms with E-state index in [-0.39, 0.29) is 29.0 Å². The average Bonchev–Trinajstić information content (AvgIpc) is 2.81. The predicted molar refractivity (Wildman–Crippen MR) is 120 cm³/mol. The van der Waals surface area contributed by atoms with Gasteiger partial charge >= 0.3 is 0 Å². The van der Waals surface area contributed by atoms with Gasteiger partial charge in [0, 0.05) is 21.7 Å².